The largest absolute Gasteiger partial charge is 0.355 e. The van der Waals surface area contributed by atoms with Crippen LogP contribution in [0.15, 0.2) is 59.4 Å². The normalized spacial score (nSPS) is 16.2. The maximum absolute atomic E-state index is 13.4. The molecule has 3 heterocycles. The summed E-state index contributed by atoms with van der Waals surface area (Å²) in [5, 5.41) is 7.90. The molecule has 0 aliphatic carbocycles. The van der Waals surface area contributed by atoms with Gasteiger partial charge in [-0.1, -0.05) is 31.1 Å². The number of hydrogen-bond donors (Lipinski definition) is 1. The van der Waals surface area contributed by atoms with E-state index in [2.05, 4.69) is 39.2 Å². The summed E-state index contributed by atoms with van der Waals surface area (Å²) in [6.45, 7) is 5.57. The molecule has 1 amide bonds. The standard InChI is InChI=1S/C26H26FN5O2/c1-16(2)17-7-11-21(12-8-17)30-25(33)19-4-3-13-32(14-19)24-22-23(18-5-9-20(27)10-6-18)31-34-26(22)29-15-28-24/h5-12,15-16,19H,3-4,13-14H2,1-2H3,(H,30,33)/t19-/m0/s1. The van der Waals surface area contributed by atoms with Crippen molar-refractivity contribution in [2.75, 3.05) is 23.3 Å². The Morgan fingerprint density at radius 3 is 2.62 bits per heavy atom. The third-order valence-electron chi connectivity index (χ3n) is 6.31. The van der Waals surface area contributed by atoms with Crippen molar-refractivity contribution in [1.82, 2.24) is 15.1 Å². The fourth-order valence-electron chi connectivity index (χ4n) is 4.40. The lowest BCUT2D eigenvalue weighted by atomic mass is 9.96. The van der Waals surface area contributed by atoms with Gasteiger partial charge in [-0.15, -0.1) is 0 Å². The van der Waals surface area contributed by atoms with Crippen LogP contribution >= 0.6 is 0 Å². The Morgan fingerprint density at radius 2 is 1.88 bits per heavy atom. The molecule has 34 heavy (non-hydrogen) atoms. The molecular weight excluding hydrogens is 433 g/mol. The van der Waals surface area contributed by atoms with Crippen molar-refractivity contribution < 1.29 is 13.7 Å². The molecule has 2 aromatic carbocycles. The second-order valence-electron chi connectivity index (χ2n) is 8.97. The van der Waals surface area contributed by atoms with E-state index in [4.69, 9.17) is 4.52 Å². The van der Waals surface area contributed by atoms with E-state index in [1.54, 1.807) is 12.1 Å². The summed E-state index contributed by atoms with van der Waals surface area (Å²) in [5.74, 6) is 0.605. The highest BCUT2D eigenvalue weighted by atomic mass is 19.1. The minimum atomic E-state index is -0.322. The summed E-state index contributed by atoms with van der Waals surface area (Å²) < 4.78 is 18.9. The molecular formula is C26H26FN5O2. The van der Waals surface area contributed by atoms with Gasteiger partial charge in [0.05, 0.1) is 5.92 Å². The summed E-state index contributed by atoms with van der Waals surface area (Å²) in [5.41, 5.74) is 3.67. The maximum Gasteiger partial charge on any atom is 0.263 e. The quantitative estimate of drug-likeness (QED) is 0.430. The molecule has 1 aliphatic heterocycles. The Morgan fingerprint density at radius 1 is 1.12 bits per heavy atom. The van der Waals surface area contributed by atoms with E-state index in [1.807, 2.05) is 24.3 Å². The number of rotatable bonds is 5. The van der Waals surface area contributed by atoms with Crippen molar-refractivity contribution in [3.8, 4) is 11.3 Å². The van der Waals surface area contributed by atoms with Crippen molar-refractivity contribution in [2.45, 2.75) is 32.6 Å². The first kappa shape index (κ1) is 22.0. The highest BCUT2D eigenvalue weighted by molar-refractivity contribution is 5.98. The molecule has 1 N–H and O–H groups in total. The van der Waals surface area contributed by atoms with Gasteiger partial charge in [-0.2, -0.15) is 4.98 Å². The summed E-state index contributed by atoms with van der Waals surface area (Å²) in [4.78, 5) is 23.9. The van der Waals surface area contributed by atoms with Crippen LogP contribution in [0.1, 0.15) is 38.2 Å². The first-order valence-corrected chi connectivity index (χ1v) is 11.5. The molecule has 5 rings (SSSR count). The smallest absolute Gasteiger partial charge is 0.263 e. The van der Waals surface area contributed by atoms with Crippen LogP contribution in [0.4, 0.5) is 15.9 Å². The van der Waals surface area contributed by atoms with Crippen LogP contribution in [0.25, 0.3) is 22.4 Å². The lowest BCUT2D eigenvalue weighted by Gasteiger charge is -2.33. The molecule has 1 atom stereocenters. The van der Waals surface area contributed by atoms with Gasteiger partial charge < -0.3 is 14.7 Å². The predicted octanol–water partition coefficient (Wildman–Crippen LogP) is 5.40. The molecule has 1 saturated heterocycles. The molecule has 0 radical (unpaired) electrons. The molecule has 0 saturated carbocycles. The second-order valence-corrected chi connectivity index (χ2v) is 8.97. The molecule has 2 aromatic heterocycles. The third kappa shape index (κ3) is 4.35. The summed E-state index contributed by atoms with van der Waals surface area (Å²) in [6, 6.07) is 14.1. The van der Waals surface area contributed by atoms with E-state index >= 15 is 0 Å². The van der Waals surface area contributed by atoms with Crippen molar-refractivity contribution in [1.29, 1.82) is 0 Å². The van der Waals surface area contributed by atoms with Gasteiger partial charge >= 0.3 is 0 Å². The zero-order chi connectivity index (χ0) is 23.7. The van der Waals surface area contributed by atoms with Gasteiger partial charge in [0.15, 0.2) is 0 Å². The van der Waals surface area contributed by atoms with Crippen molar-refractivity contribution in [3.63, 3.8) is 0 Å². The van der Waals surface area contributed by atoms with Crippen LogP contribution in [0.3, 0.4) is 0 Å². The molecule has 7 nitrogen and oxygen atoms in total. The summed E-state index contributed by atoms with van der Waals surface area (Å²) in [7, 11) is 0. The van der Waals surface area contributed by atoms with Crippen LogP contribution in [-0.2, 0) is 4.79 Å². The number of halogens is 1. The molecule has 4 aromatic rings. The molecule has 8 heteroatoms. The van der Waals surface area contributed by atoms with Gasteiger partial charge in [-0.25, -0.2) is 9.37 Å². The Kier molecular flexibility index (Phi) is 5.96. The number of carbonyl (C=O) groups is 1. The van der Waals surface area contributed by atoms with Crippen molar-refractivity contribution in [2.24, 2.45) is 5.92 Å². The molecule has 0 spiro atoms. The van der Waals surface area contributed by atoms with Gasteiger partial charge in [0.1, 0.15) is 29.0 Å². The number of aromatic nitrogens is 3. The monoisotopic (exact) mass is 459 g/mol. The number of amides is 1. The minimum absolute atomic E-state index is 0.00336. The van der Waals surface area contributed by atoms with E-state index in [1.165, 1.54) is 24.0 Å². The van der Waals surface area contributed by atoms with E-state index in [-0.39, 0.29) is 17.6 Å². The van der Waals surface area contributed by atoms with Crippen LogP contribution < -0.4 is 10.2 Å². The fraction of sp³-hybridized carbons (Fsp3) is 0.308. The van der Waals surface area contributed by atoms with E-state index in [0.717, 1.165) is 25.1 Å². The van der Waals surface area contributed by atoms with E-state index < -0.39 is 0 Å². The number of hydrogen-bond acceptors (Lipinski definition) is 6. The Labute approximate surface area is 197 Å². The minimum Gasteiger partial charge on any atom is -0.355 e. The highest BCUT2D eigenvalue weighted by Gasteiger charge is 2.29. The Bertz CT molecular complexity index is 1300. The second kappa shape index (κ2) is 9.21. The average Bonchev–Trinajstić information content (AvgIpc) is 3.29. The molecule has 174 valence electrons. The zero-order valence-electron chi connectivity index (χ0n) is 19.2. The average molecular weight is 460 g/mol. The first-order valence-electron chi connectivity index (χ1n) is 11.5. The van der Waals surface area contributed by atoms with Crippen molar-refractivity contribution in [3.05, 3.63) is 66.2 Å². The Hall–Kier alpha value is -3.81. The van der Waals surface area contributed by atoms with Crippen LogP contribution in [0, 0.1) is 11.7 Å². The maximum atomic E-state index is 13.4. The number of carbonyl (C=O) groups excluding carboxylic acids is 1. The number of nitrogens with zero attached hydrogens (tertiary/aromatic N) is 4. The van der Waals surface area contributed by atoms with Crippen LogP contribution in [-0.4, -0.2) is 34.1 Å². The number of nitrogens with one attached hydrogen (secondary N) is 1. The molecule has 0 unspecified atom stereocenters. The van der Waals surface area contributed by atoms with Gasteiger partial charge in [0.2, 0.25) is 5.91 Å². The SMILES string of the molecule is CC(C)c1ccc(NC(=O)[C@H]2CCCN(c3ncnc4onc(-c5ccc(F)cc5)c34)C2)cc1. The van der Waals surface area contributed by atoms with Gasteiger partial charge in [0.25, 0.3) is 5.71 Å². The van der Waals surface area contributed by atoms with Crippen LogP contribution in [0.2, 0.25) is 0 Å². The van der Waals surface area contributed by atoms with Gasteiger partial charge in [0, 0.05) is 24.3 Å². The van der Waals surface area contributed by atoms with Crippen LogP contribution in [0.5, 0.6) is 0 Å². The van der Waals surface area contributed by atoms with E-state index in [0.29, 0.717) is 40.6 Å². The van der Waals surface area contributed by atoms with Gasteiger partial charge in [-0.3, -0.25) is 4.79 Å². The number of benzene rings is 2. The third-order valence-corrected chi connectivity index (χ3v) is 6.31. The highest BCUT2D eigenvalue weighted by Crippen LogP contribution is 2.35. The summed E-state index contributed by atoms with van der Waals surface area (Å²) >= 11 is 0. The summed E-state index contributed by atoms with van der Waals surface area (Å²) in [6.07, 6.45) is 3.10. The molecule has 0 bridgehead atoms. The first-order chi connectivity index (χ1) is 16.5. The Balaban J connectivity index is 1.38. The lowest BCUT2D eigenvalue weighted by molar-refractivity contribution is -0.120. The predicted molar refractivity (Wildman–Crippen MR) is 129 cm³/mol. The van der Waals surface area contributed by atoms with Crippen molar-refractivity contribution >= 4 is 28.5 Å². The lowest BCUT2D eigenvalue weighted by Crippen LogP contribution is -2.41. The molecule has 1 aliphatic rings. The number of anilines is 2. The topological polar surface area (TPSA) is 84.2 Å². The van der Waals surface area contributed by atoms with E-state index in [9.17, 15) is 9.18 Å². The zero-order valence-corrected chi connectivity index (χ0v) is 19.2. The number of piperidine rings is 1. The van der Waals surface area contributed by atoms with Gasteiger partial charge in [-0.05, 0) is 60.7 Å². The number of fused-ring (bicyclic) bond motifs is 1. The fourth-order valence-corrected chi connectivity index (χ4v) is 4.40. The molecule has 1 fully saturated rings.